The minimum Gasteiger partial charge on any atom is -0.483 e. The number of carbonyl (C=O) groups is 5. The number of nitrogens with one attached hydrogen (secondary N) is 3. The minimum atomic E-state index is -1.06. The first-order valence-electron chi connectivity index (χ1n) is 18.3. The number of amides is 4. The van der Waals surface area contributed by atoms with Gasteiger partial charge in [0.15, 0.2) is 6.61 Å². The quantitative estimate of drug-likeness (QED) is 0.120. The Morgan fingerprint density at radius 2 is 1.50 bits per heavy atom. The molecule has 54 heavy (non-hydrogen) atoms. The molecule has 3 aromatic carbocycles. The molecule has 4 amide bonds. The van der Waals surface area contributed by atoms with Crippen LogP contribution in [-0.2, 0) is 36.8 Å². The first-order chi connectivity index (χ1) is 25.9. The van der Waals surface area contributed by atoms with Crippen molar-refractivity contribution in [2.75, 3.05) is 31.2 Å². The predicted octanol–water partition coefficient (Wildman–Crippen LogP) is 4.70. The molecule has 13 heteroatoms. The number of hydrogen-bond donors (Lipinski definition) is 4. The van der Waals surface area contributed by atoms with E-state index in [2.05, 4.69) is 16.0 Å². The molecular weight excluding hydrogens is 709 g/mol. The van der Waals surface area contributed by atoms with E-state index in [4.69, 9.17) is 14.6 Å². The number of urea groups is 1. The monoisotopic (exact) mass is 760 g/mol. The fraction of sp³-hybridized carbons (Fsp3) is 0.439. The molecule has 0 spiro atoms. The molecule has 0 bridgehead atoms. The molecule has 12 nitrogen and oxygen atoms in total. The van der Waals surface area contributed by atoms with Crippen LogP contribution in [0, 0.1) is 19.8 Å². The van der Waals surface area contributed by atoms with E-state index in [1.165, 1.54) is 0 Å². The highest BCUT2D eigenvalue weighted by molar-refractivity contribution is 8.00. The lowest BCUT2D eigenvalue weighted by Crippen LogP contribution is -2.59. The summed E-state index contributed by atoms with van der Waals surface area (Å²) in [5, 5.41) is 18.2. The largest absolute Gasteiger partial charge is 0.483 e. The summed E-state index contributed by atoms with van der Waals surface area (Å²) in [5.74, 6) is -2.58. The van der Waals surface area contributed by atoms with Crippen LogP contribution >= 0.6 is 11.8 Å². The average Bonchev–Trinajstić information content (AvgIpc) is 3.12. The number of para-hydroxylation sites is 1. The molecule has 1 fully saturated rings. The first kappa shape index (κ1) is 41.7. The second-order valence-electron chi connectivity index (χ2n) is 13.9. The van der Waals surface area contributed by atoms with Gasteiger partial charge in [0.25, 0.3) is 5.91 Å². The second-order valence-corrected chi connectivity index (χ2v) is 14.9. The highest BCUT2D eigenvalue weighted by Gasteiger charge is 2.36. The number of rotatable bonds is 20. The molecule has 2 unspecified atom stereocenters. The normalized spacial score (nSPS) is 15.0. The van der Waals surface area contributed by atoms with Crippen molar-refractivity contribution in [3.8, 4) is 5.75 Å². The van der Waals surface area contributed by atoms with E-state index in [-0.39, 0.29) is 48.8 Å². The third-order valence-corrected chi connectivity index (χ3v) is 10.0. The number of benzene rings is 3. The summed E-state index contributed by atoms with van der Waals surface area (Å²) in [4.78, 5) is 66.8. The van der Waals surface area contributed by atoms with E-state index in [0.717, 1.165) is 34.0 Å². The van der Waals surface area contributed by atoms with Gasteiger partial charge in [-0.15, -0.1) is 11.8 Å². The van der Waals surface area contributed by atoms with Crippen molar-refractivity contribution in [1.29, 1.82) is 0 Å². The van der Waals surface area contributed by atoms with Crippen LogP contribution in [0.3, 0.4) is 0 Å². The highest BCUT2D eigenvalue weighted by Crippen LogP contribution is 2.23. The van der Waals surface area contributed by atoms with Gasteiger partial charge in [-0.3, -0.25) is 19.2 Å². The van der Waals surface area contributed by atoms with Crippen LogP contribution in [-0.4, -0.2) is 95.2 Å². The van der Waals surface area contributed by atoms with Crippen molar-refractivity contribution >= 4 is 41.5 Å². The zero-order valence-electron chi connectivity index (χ0n) is 31.4. The lowest BCUT2D eigenvalue weighted by molar-refractivity contribution is -0.149. The van der Waals surface area contributed by atoms with Gasteiger partial charge < -0.3 is 35.4 Å². The summed E-state index contributed by atoms with van der Waals surface area (Å²) < 4.78 is 12.1. The summed E-state index contributed by atoms with van der Waals surface area (Å²) in [6, 6.07) is 22.3. The number of carbonyl (C=O) groups excluding carboxylic acids is 4. The van der Waals surface area contributed by atoms with Crippen molar-refractivity contribution in [1.82, 2.24) is 20.9 Å². The van der Waals surface area contributed by atoms with Crippen LogP contribution in [0.1, 0.15) is 48.9 Å². The summed E-state index contributed by atoms with van der Waals surface area (Å²) in [6.45, 7) is 8.28. The number of thioether (sulfide) groups is 1. The molecule has 0 aromatic heterocycles. The predicted molar refractivity (Wildman–Crippen MR) is 208 cm³/mol. The summed E-state index contributed by atoms with van der Waals surface area (Å²) in [5.41, 5.74) is 3.57. The van der Waals surface area contributed by atoms with Crippen molar-refractivity contribution in [3.05, 3.63) is 101 Å². The summed E-state index contributed by atoms with van der Waals surface area (Å²) in [6.07, 6.45) is 0.499. The third-order valence-electron chi connectivity index (χ3n) is 9.12. The fourth-order valence-corrected chi connectivity index (χ4v) is 7.16. The van der Waals surface area contributed by atoms with Gasteiger partial charge in [-0.25, -0.2) is 4.79 Å². The summed E-state index contributed by atoms with van der Waals surface area (Å²) >= 11 is 0.910. The Morgan fingerprint density at radius 1 is 0.870 bits per heavy atom. The molecule has 4 N–H and O–H groups in total. The molecule has 1 heterocycles. The Bertz CT molecular complexity index is 1690. The Labute approximate surface area is 321 Å². The van der Waals surface area contributed by atoms with E-state index in [1.807, 2.05) is 107 Å². The maximum atomic E-state index is 14.2. The SMILES string of the molecule is Cc1cccc(C)c1OCC(=O)NC(Cc1ccccc1)[C@H](CC(Cc1ccccc1)NC(=O)[C@H](C(C)C)N1CCCNC1=O)OC(=O)CSCC(=O)O. The number of aliphatic carboxylic acids is 1. The Hall–Kier alpha value is -5.04. The smallest absolute Gasteiger partial charge is 0.318 e. The zero-order chi connectivity index (χ0) is 39.0. The first-order valence-corrected chi connectivity index (χ1v) is 19.5. The van der Waals surface area contributed by atoms with Crippen molar-refractivity contribution in [2.24, 2.45) is 5.92 Å². The van der Waals surface area contributed by atoms with Gasteiger partial charge in [-0.05, 0) is 61.3 Å². The number of carboxylic acid groups (broad SMARTS) is 1. The fourth-order valence-electron chi connectivity index (χ4n) is 6.65. The van der Waals surface area contributed by atoms with Crippen molar-refractivity contribution < 1.29 is 38.6 Å². The Morgan fingerprint density at radius 3 is 2.09 bits per heavy atom. The van der Waals surface area contributed by atoms with Gasteiger partial charge in [-0.2, -0.15) is 0 Å². The zero-order valence-corrected chi connectivity index (χ0v) is 32.2. The number of carboxylic acids is 1. The van der Waals surface area contributed by atoms with Crippen molar-refractivity contribution in [2.45, 2.75) is 77.6 Å². The van der Waals surface area contributed by atoms with Gasteiger partial charge in [0.05, 0.1) is 17.5 Å². The van der Waals surface area contributed by atoms with Crippen molar-refractivity contribution in [3.63, 3.8) is 0 Å². The highest BCUT2D eigenvalue weighted by atomic mass is 32.2. The van der Waals surface area contributed by atoms with Crippen LogP contribution in [0.2, 0.25) is 0 Å². The molecule has 1 saturated heterocycles. The van der Waals surface area contributed by atoms with E-state index in [9.17, 15) is 24.0 Å². The molecule has 4 rings (SSSR count). The maximum Gasteiger partial charge on any atom is 0.318 e. The van der Waals surface area contributed by atoms with Crippen LogP contribution < -0.4 is 20.7 Å². The number of ether oxygens (including phenoxy) is 2. The molecule has 4 atom stereocenters. The molecule has 0 aliphatic carbocycles. The number of nitrogens with zero attached hydrogens (tertiary/aromatic N) is 1. The molecule has 0 saturated carbocycles. The second kappa shape index (κ2) is 21.0. The number of esters is 1. The molecule has 3 aromatic rings. The molecule has 1 aliphatic heterocycles. The maximum absolute atomic E-state index is 14.2. The van der Waals surface area contributed by atoms with Gasteiger partial charge in [0.2, 0.25) is 5.91 Å². The lowest BCUT2D eigenvalue weighted by Gasteiger charge is -2.37. The van der Waals surface area contributed by atoms with Gasteiger partial charge >= 0.3 is 18.0 Å². The van der Waals surface area contributed by atoms with Crippen LogP contribution in [0.15, 0.2) is 78.9 Å². The van der Waals surface area contributed by atoms with Gasteiger partial charge in [0.1, 0.15) is 17.9 Å². The van der Waals surface area contributed by atoms with Gasteiger partial charge in [-0.1, -0.05) is 92.7 Å². The third kappa shape index (κ3) is 13.1. The molecule has 1 aliphatic rings. The van der Waals surface area contributed by atoms with E-state index in [1.54, 1.807) is 4.90 Å². The lowest BCUT2D eigenvalue weighted by atomic mass is 9.92. The Balaban J connectivity index is 1.67. The van der Waals surface area contributed by atoms with Gasteiger partial charge in [0, 0.05) is 25.6 Å². The van der Waals surface area contributed by atoms with E-state index in [0.29, 0.717) is 31.7 Å². The van der Waals surface area contributed by atoms with Crippen LogP contribution in [0.25, 0.3) is 0 Å². The number of hydrogen-bond acceptors (Lipinski definition) is 8. The molecule has 290 valence electrons. The topological polar surface area (TPSA) is 163 Å². The summed E-state index contributed by atoms with van der Waals surface area (Å²) in [7, 11) is 0. The van der Waals surface area contributed by atoms with Crippen LogP contribution in [0.5, 0.6) is 5.75 Å². The number of aryl methyl sites for hydroxylation is 2. The standard InChI is InChI=1S/C41H52N4O8S/c1-27(2)38(45-20-12-19-42-41(45)51)40(50)43-32(21-30-15-7-5-8-16-30)23-34(53-37(49)26-54-25-36(47)48)33(22-31-17-9-6-10-18-31)44-35(46)24-52-39-28(3)13-11-14-29(39)4/h5-11,13-18,27,32-34,38H,12,19-26H2,1-4H3,(H,42,51)(H,43,50)(H,44,46)(H,47,48)/t32?,33?,34-,38-/m0/s1. The average molecular weight is 761 g/mol. The Kier molecular flexibility index (Phi) is 16.2. The molecular formula is C41H52N4O8S. The van der Waals surface area contributed by atoms with E-state index < -0.39 is 42.1 Å². The van der Waals surface area contributed by atoms with E-state index >= 15 is 0 Å². The van der Waals surface area contributed by atoms with Crippen LogP contribution in [0.4, 0.5) is 4.79 Å². The molecule has 0 radical (unpaired) electrons. The minimum absolute atomic E-state index is 0.0997.